The summed E-state index contributed by atoms with van der Waals surface area (Å²) in [4.78, 5) is 10.4. The van der Waals surface area contributed by atoms with E-state index in [1.54, 1.807) is 0 Å². The van der Waals surface area contributed by atoms with E-state index in [-0.39, 0.29) is 10.7 Å². The van der Waals surface area contributed by atoms with Gasteiger partial charge in [0.15, 0.2) is 5.82 Å². The molecule has 3 N–H and O–H groups in total. The van der Waals surface area contributed by atoms with Crippen LogP contribution in [-0.4, -0.2) is 6.03 Å². The summed E-state index contributed by atoms with van der Waals surface area (Å²) in [6.07, 6.45) is 0. The van der Waals surface area contributed by atoms with Crippen LogP contribution >= 0.6 is 27.5 Å². The van der Waals surface area contributed by atoms with Crippen molar-refractivity contribution in [3.63, 3.8) is 0 Å². The first-order chi connectivity index (χ1) is 6.00. The van der Waals surface area contributed by atoms with Crippen molar-refractivity contribution < 1.29 is 9.18 Å². The summed E-state index contributed by atoms with van der Waals surface area (Å²) >= 11 is 8.60. The van der Waals surface area contributed by atoms with Crippen LogP contribution < -0.4 is 11.1 Å². The van der Waals surface area contributed by atoms with E-state index in [4.69, 9.17) is 17.3 Å². The summed E-state index contributed by atoms with van der Waals surface area (Å²) < 4.78 is 13.7. The molecule has 0 spiro atoms. The zero-order valence-corrected chi connectivity index (χ0v) is 8.62. The normalized spacial score (nSPS) is 9.77. The Bertz CT molecular complexity index is 359. The van der Waals surface area contributed by atoms with Gasteiger partial charge in [-0.25, -0.2) is 9.18 Å². The molecule has 2 amide bonds. The van der Waals surface area contributed by atoms with E-state index >= 15 is 0 Å². The molecule has 0 heterocycles. The third kappa shape index (κ3) is 2.57. The van der Waals surface area contributed by atoms with Crippen LogP contribution in [0.2, 0.25) is 5.02 Å². The van der Waals surface area contributed by atoms with Crippen LogP contribution in [0.15, 0.2) is 16.6 Å². The smallest absolute Gasteiger partial charge is 0.316 e. The maximum absolute atomic E-state index is 13.1. The van der Waals surface area contributed by atoms with Crippen molar-refractivity contribution in [1.29, 1.82) is 0 Å². The maximum Gasteiger partial charge on any atom is 0.316 e. The Morgan fingerprint density at radius 3 is 2.77 bits per heavy atom. The van der Waals surface area contributed by atoms with Gasteiger partial charge in [-0.15, -0.1) is 0 Å². The molecule has 0 saturated carbocycles. The standard InChI is InChI=1S/C7H5BrClFN2O/c8-3-1-4(9)6(10)5(2-3)12-7(11)13/h1-2H,(H3,11,12,13). The van der Waals surface area contributed by atoms with Crippen LogP contribution in [0.25, 0.3) is 0 Å². The molecule has 1 aromatic carbocycles. The molecule has 1 aromatic rings. The molecule has 0 bridgehead atoms. The Kier molecular flexibility index (Phi) is 3.11. The van der Waals surface area contributed by atoms with Crippen LogP contribution in [0.3, 0.4) is 0 Å². The van der Waals surface area contributed by atoms with Crippen LogP contribution in [0.5, 0.6) is 0 Å². The monoisotopic (exact) mass is 266 g/mol. The van der Waals surface area contributed by atoms with E-state index in [2.05, 4.69) is 21.2 Å². The van der Waals surface area contributed by atoms with Crippen molar-refractivity contribution in [2.45, 2.75) is 0 Å². The predicted octanol–water partition coefficient (Wildman–Crippen LogP) is 2.73. The van der Waals surface area contributed by atoms with Gasteiger partial charge in [0.05, 0.1) is 10.7 Å². The number of amides is 2. The predicted molar refractivity (Wildman–Crippen MR) is 52.3 cm³/mol. The first-order valence-corrected chi connectivity index (χ1v) is 4.39. The highest BCUT2D eigenvalue weighted by Gasteiger charge is 2.09. The number of nitrogens with two attached hydrogens (primary N) is 1. The lowest BCUT2D eigenvalue weighted by atomic mass is 10.3. The van der Waals surface area contributed by atoms with Crippen molar-refractivity contribution in [3.8, 4) is 0 Å². The fourth-order valence-electron chi connectivity index (χ4n) is 0.780. The highest BCUT2D eigenvalue weighted by atomic mass is 79.9. The molecule has 0 unspecified atom stereocenters. The summed E-state index contributed by atoms with van der Waals surface area (Å²) in [5, 5.41) is 2.02. The van der Waals surface area contributed by atoms with Crippen LogP contribution in [-0.2, 0) is 0 Å². The van der Waals surface area contributed by atoms with Gasteiger partial charge in [0.1, 0.15) is 0 Å². The number of hydrogen-bond acceptors (Lipinski definition) is 1. The van der Waals surface area contributed by atoms with Crippen LogP contribution in [0.1, 0.15) is 0 Å². The number of carbonyl (C=O) groups excluding carboxylic acids is 1. The number of benzene rings is 1. The number of halogens is 3. The number of rotatable bonds is 1. The molecule has 13 heavy (non-hydrogen) atoms. The Morgan fingerprint density at radius 2 is 2.23 bits per heavy atom. The van der Waals surface area contributed by atoms with Gasteiger partial charge in [-0.05, 0) is 12.1 Å². The number of carbonyl (C=O) groups is 1. The molecule has 0 atom stereocenters. The molecule has 0 fully saturated rings. The van der Waals surface area contributed by atoms with Gasteiger partial charge in [-0.2, -0.15) is 0 Å². The van der Waals surface area contributed by atoms with E-state index in [1.165, 1.54) is 12.1 Å². The number of hydrogen-bond donors (Lipinski definition) is 2. The second-order valence-corrected chi connectivity index (χ2v) is 3.56. The Labute approximate surface area is 87.2 Å². The molecule has 0 radical (unpaired) electrons. The van der Waals surface area contributed by atoms with Crippen LogP contribution in [0, 0.1) is 5.82 Å². The minimum Gasteiger partial charge on any atom is -0.351 e. The van der Waals surface area contributed by atoms with Crippen molar-refractivity contribution in [2.24, 2.45) is 5.73 Å². The van der Waals surface area contributed by atoms with Gasteiger partial charge < -0.3 is 11.1 Å². The fourth-order valence-corrected chi connectivity index (χ4v) is 1.59. The SMILES string of the molecule is NC(=O)Nc1cc(Br)cc(Cl)c1F. The van der Waals surface area contributed by atoms with E-state index in [9.17, 15) is 9.18 Å². The Balaban J connectivity index is 3.12. The fraction of sp³-hybridized carbons (Fsp3) is 0. The number of primary amides is 1. The molecule has 70 valence electrons. The van der Waals surface area contributed by atoms with E-state index in [0.717, 1.165) is 0 Å². The van der Waals surface area contributed by atoms with Gasteiger partial charge in [0.25, 0.3) is 0 Å². The second kappa shape index (κ2) is 3.93. The molecular weight excluding hydrogens is 262 g/mol. The molecule has 1 rings (SSSR count). The number of anilines is 1. The average molecular weight is 267 g/mol. The second-order valence-electron chi connectivity index (χ2n) is 2.24. The van der Waals surface area contributed by atoms with Gasteiger partial charge in [0.2, 0.25) is 0 Å². The zero-order valence-electron chi connectivity index (χ0n) is 6.27. The lowest BCUT2D eigenvalue weighted by molar-refractivity contribution is 0.259. The van der Waals surface area contributed by atoms with Crippen molar-refractivity contribution in [1.82, 2.24) is 0 Å². The average Bonchev–Trinajstić information content (AvgIpc) is 1.98. The molecule has 0 aromatic heterocycles. The van der Waals surface area contributed by atoms with Gasteiger partial charge in [-0.3, -0.25) is 0 Å². The highest BCUT2D eigenvalue weighted by Crippen LogP contribution is 2.27. The largest absolute Gasteiger partial charge is 0.351 e. The summed E-state index contributed by atoms with van der Waals surface area (Å²) in [5.74, 6) is -0.705. The van der Waals surface area contributed by atoms with Crippen molar-refractivity contribution in [2.75, 3.05) is 5.32 Å². The van der Waals surface area contributed by atoms with Crippen molar-refractivity contribution in [3.05, 3.63) is 27.4 Å². The molecule has 0 aliphatic rings. The lowest BCUT2D eigenvalue weighted by Crippen LogP contribution is -2.20. The van der Waals surface area contributed by atoms with Gasteiger partial charge in [0, 0.05) is 4.47 Å². The summed E-state index contributed by atoms with van der Waals surface area (Å²) in [5.41, 5.74) is 4.77. The molecule has 3 nitrogen and oxygen atoms in total. The topological polar surface area (TPSA) is 55.1 Å². The highest BCUT2D eigenvalue weighted by molar-refractivity contribution is 9.10. The third-order valence-corrected chi connectivity index (χ3v) is 1.98. The maximum atomic E-state index is 13.1. The molecule has 0 saturated heterocycles. The third-order valence-electron chi connectivity index (χ3n) is 1.25. The summed E-state index contributed by atoms with van der Waals surface area (Å²) in [6.45, 7) is 0. The molecular formula is C7H5BrClFN2O. The number of nitrogens with one attached hydrogen (secondary N) is 1. The van der Waals surface area contributed by atoms with E-state index in [1.807, 2.05) is 0 Å². The van der Waals surface area contributed by atoms with Crippen LogP contribution in [0.4, 0.5) is 14.9 Å². The van der Waals surface area contributed by atoms with Crippen molar-refractivity contribution >= 4 is 39.2 Å². The minimum absolute atomic E-state index is 0.0492. The summed E-state index contributed by atoms with van der Waals surface area (Å²) in [7, 11) is 0. The first kappa shape index (κ1) is 10.3. The van der Waals surface area contributed by atoms with E-state index in [0.29, 0.717) is 4.47 Å². The van der Waals surface area contributed by atoms with Gasteiger partial charge >= 0.3 is 6.03 Å². The minimum atomic E-state index is -0.840. The molecule has 0 aliphatic heterocycles. The Morgan fingerprint density at radius 1 is 1.62 bits per heavy atom. The lowest BCUT2D eigenvalue weighted by Gasteiger charge is -2.05. The quantitative estimate of drug-likeness (QED) is 0.755. The number of urea groups is 1. The molecule has 6 heteroatoms. The molecule has 0 aliphatic carbocycles. The zero-order chi connectivity index (χ0) is 10.0. The first-order valence-electron chi connectivity index (χ1n) is 3.21. The summed E-state index contributed by atoms with van der Waals surface area (Å²) in [6, 6.07) is 1.91. The van der Waals surface area contributed by atoms with Gasteiger partial charge in [-0.1, -0.05) is 27.5 Å². The van der Waals surface area contributed by atoms with E-state index < -0.39 is 11.8 Å². The Hall–Kier alpha value is -0.810.